The lowest BCUT2D eigenvalue weighted by molar-refractivity contribution is -0.119. The molecule has 34 heavy (non-hydrogen) atoms. The van der Waals surface area contributed by atoms with Crippen LogP contribution in [0.15, 0.2) is 30.3 Å². The van der Waals surface area contributed by atoms with Crippen LogP contribution >= 0.6 is 0 Å². The first-order valence-electron chi connectivity index (χ1n) is 14.3. The number of benzene rings is 1. The second-order valence-electron chi connectivity index (χ2n) is 9.81. The Bertz CT molecular complexity index is 564. The van der Waals surface area contributed by atoms with Gasteiger partial charge in [-0.1, -0.05) is 121 Å². The summed E-state index contributed by atoms with van der Waals surface area (Å²) in [5, 5.41) is 2.98. The molecule has 0 aliphatic carbocycles. The molecule has 0 saturated carbocycles. The maximum atomic E-state index is 12.0. The van der Waals surface area contributed by atoms with Gasteiger partial charge >= 0.3 is 0 Å². The van der Waals surface area contributed by atoms with Crippen molar-refractivity contribution in [1.29, 1.82) is 0 Å². The summed E-state index contributed by atoms with van der Waals surface area (Å²) in [6, 6.07) is 9.98. The molecule has 1 aromatic carbocycles. The van der Waals surface area contributed by atoms with Gasteiger partial charge in [0.15, 0.2) is 0 Å². The zero-order valence-corrected chi connectivity index (χ0v) is 22.5. The summed E-state index contributed by atoms with van der Waals surface area (Å²) in [6.07, 6.45) is 23.2. The molecule has 0 radical (unpaired) electrons. The predicted molar refractivity (Wildman–Crippen MR) is 148 cm³/mol. The molecular formula is C30H54N2O2. The fraction of sp³-hybridized carbons (Fsp3) is 0.767. The number of unbranched alkanes of at least 4 members (excludes halogenated alkanes) is 15. The van der Waals surface area contributed by atoms with E-state index in [0.29, 0.717) is 13.1 Å². The molecule has 196 valence electrons. The lowest BCUT2D eigenvalue weighted by Gasteiger charge is -2.18. The lowest BCUT2D eigenvalue weighted by atomic mass is 10.0. The first-order chi connectivity index (χ1) is 16.7. The Balaban J connectivity index is 1.74. The van der Waals surface area contributed by atoms with Gasteiger partial charge in [-0.15, -0.1) is 0 Å². The largest absolute Gasteiger partial charge is 0.381 e. The molecule has 0 bridgehead atoms. The van der Waals surface area contributed by atoms with Crippen molar-refractivity contribution in [2.24, 2.45) is 0 Å². The molecule has 0 heterocycles. The average molecular weight is 475 g/mol. The van der Waals surface area contributed by atoms with Crippen molar-refractivity contribution in [2.75, 3.05) is 38.3 Å². The van der Waals surface area contributed by atoms with Gasteiger partial charge in [0.25, 0.3) is 0 Å². The molecule has 0 fully saturated rings. The Morgan fingerprint density at radius 2 is 1.18 bits per heavy atom. The Hall–Kier alpha value is -1.55. The van der Waals surface area contributed by atoms with Gasteiger partial charge in [0.1, 0.15) is 0 Å². The van der Waals surface area contributed by atoms with Crippen LogP contribution in [0.25, 0.3) is 0 Å². The fourth-order valence-electron chi connectivity index (χ4n) is 4.30. The number of carbonyl (C=O) groups excluding carboxylic acids is 1. The molecule has 0 atom stereocenters. The maximum Gasteiger partial charge on any atom is 0.239 e. The minimum Gasteiger partial charge on any atom is -0.381 e. The van der Waals surface area contributed by atoms with Gasteiger partial charge in [-0.05, 0) is 25.0 Å². The minimum atomic E-state index is 0.0594. The van der Waals surface area contributed by atoms with Gasteiger partial charge in [0.2, 0.25) is 5.91 Å². The highest BCUT2D eigenvalue weighted by atomic mass is 16.5. The molecule has 1 aromatic rings. The number of nitrogens with zero attached hydrogens (tertiary/aromatic N) is 1. The van der Waals surface area contributed by atoms with Crippen molar-refractivity contribution in [3.63, 3.8) is 0 Å². The Morgan fingerprint density at radius 3 is 1.71 bits per heavy atom. The van der Waals surface area contributed by atoms with E-state index < -0.39 is 0 Å². The summed E-state index contributed by atoms with van der Waals surface area (Å²) in [5.41, 5.74) is 1.06. The van der Waals surface area contributed by atoms with Gasteiger partial charge in [-0.2, -0.15) is 0 Å². The summed E-state index contributed by atoms with van der Waals surface area (Å²) >= 11 is 0. The van der Waals surface area contributed by atoms with Crippen molar-refractivity contribution in [3.8, 4) is 0 Å². The fourth-order valence-corrected chi connectivity index (χ4v) is 4.30. The van der Waals surface area contributed by atoms with Crippen LogP contribution in [0.4, 0.5) is 5.69 Å². The van der Waals surface area contributed by atoms with Crippen molar-refractivity contribution in [1.82, 2.24) is 5.32 Å². The van der Waals surface area contributed by atoms with Crippen LogP contribution in [0, 0.1) is 0 Å². The maximum absolute atomic E-state index is 12.0. The molecular weight excluding hydrogens is 420 g/mol. The lowest BCUT2D eigenvalue weighted by Crippen LogP contribution is -2.35. The van der Waals surface area contributed by atoms with Crippen LogP contribution in [0.3, 0.4) is 0 Å². The molecule has 4 heteroatoms. The second kappa shape index (κ2) is 23.2. The van der Waals surface area contributed by atoms with E-state index in [1.807, 2.05) is 42.3 Å². The van der Waals surface area contributed by atoms with E-state index in [0.717, 1.165) is 31.7 Å². The summed E-state index contributed by atoms with van der Waals surface area (Å²) in [7, 11) is 1.94. The molecule has 0 saturated heterocycles. The molecule has 1 N–H and O–H groups in total. The number of nitrogens with one attached hydrogen (secondary N) is 1. The number of hydrogen-bond acceptors (Lipinski definition) is 3. The topological polar surface area (TPSA) is 41.6 Å². The number of ether oxygens (including phenoxy) is 1. The smallest absolute Gasteiger partial charge is 0.239 e. The van der Waals surface area contributed by atoms with E-state index in [4.69, 9.17) is 4.74 Å². The number of hydrogen-bond donors (Lipinski definition) is 1. The van der Waals surface area contributed by atoms with Gasteiger partial charge in [0, 0.05) is 32.5 Å². The van der Waals surface area contributed by atoms with Crippen LogP contribution in [-0.2, 0) is 9.53 Å². The molecule has 1 rings (SSSR count). The van der Waals surface area contributed by atoms with E-state index in [1.54, 1.807) is 0 Å². The monoisotopic (exact) mass is 474 g/mol. The van der Waals surface area contributed by atoms with E-state index in [2.05, 4.69) is 12.2 Å². The Kier molecular flexibility index (Phi) is 20.8. The van der Waals surface area contributed by atoms with Crippen LogP contribution in [0.2, 0.25) is 0 Å². The van der Waals surface area contributed by atoms with Crippen molar-refractivity contribution in [2.45, 2.75) is 116 Å². The zero-order chi connectivity index (χ0) is 24.5. The number of rotatable bonds is 24. The van der Waals surface area contributed by atoms with Crippen LogP contribution in [0.5, 0.6) is 0 Å². The van der Waals surface area contributed by atoms with Crippen molar-refractivity contribution >= 4 is 11.6 Å². The first kappa shape index (κ1) is 30.5. The summed E-state index contributed by atoms with van der Waals surface area (Å²) in [6.45, 7) is 4.93. The third kappa shape index (κ3) is 18.8. The van der Waals surface area contributed by atoms with Crippen LogP contribution in [0.1, 0.15) is 116 Å². The molecule has 0 unspecified atom stereocenters. The minimum absolute atomic E-state index is 0.0594. The molecule has 0 aliphatic heterocycles. The van der Waals surface area contributed by atoms with Gasteiger partial charge in [-0.25, -0.2) is 0 Å². The second-order valence-corrected chi connectivity index (χ2v) is 9.81. The number of anilines is 1. The van der Waals surface area contributed by atoms with Crippen LogP contribution in [-0.4, -0.2) is 39.3 Å². The zero-order valence-electron chi connectivity index (χ0n) is 22.5. The van der Waals surface area contributed by atoms with Crippen molar-refractivity contribution < 1.29 is 9.53 Å². The number of amides is 1. The number of carbonyl (C=O) groups is 1. The van der Waals surface area contributed by atoms with E-state index in [-0.39, 0.29) is 5.91 Å². The third-order valence-corrected chi connectivity index (χ3v) is 6.51. The Morgan fingerprint density at radius 1 is 0.706 bits per heavy atom. The standard InChI is InChI=1S/C30H54N2O2/c1-3-4-5-6-7-8-9-10-11-12-13-14-15-16-17-21-26-34-27-22-25-31-30(33)28-32(2)29-23-19-18-20-24-29/h18-20,23-24H,3-17,21-22,25-28H2,1-2H3,(H,31,33). The van der Waals surface area contributed by atoms with E-state index >= 15 is 0 Å². The molecule has 4 nitrogen and oxygen atoms in total. The van der Waals surface area contributed by atoms with Gasteiger partial charge < -0.3 is 15.0 Å². The van der Waals surface area contributed by atoms with Gasteiger partial charge in [-0.3, -0.25) is 4.79 Å². The molecule has 0 spiro atoms. The molecule has 1 amide bonds. The normalized spacial score (nSPS) is 11.0. The van der Waals surface area contributed by atoms with Crippen molar-refractivity contribution in [3.05, 3.63) is 30.3 Å². The highest BCUT2D eigenvalue weighted by Gasteiger charge is 2.06. The average Bonchev–Trinajstić information content (AvgIpc) is 2.85. The van der Waals surface area contributed by atoms with Crippen LogP contribution < -0.4 is 10.2 Å². The van der Waals surface area contributed by atoms with Gasteiger partial charge in [0.05, 0.1) is 6.54 Å². The quantitative estimate of drug-likeness (QED) is 0.155. The molecule has 0 aromatic heterocycles. The highest BCUT2D eigenvalue weighted by Crippen LogP contribution is 2.14. The number of likely N-dealkylation sites (N-methyl/N-ethyl adjacent to an activating group) is 1. The Labute approximate surface area is 211 Å². The van der Waals surface area contributed by atoms with E-state index in [1.165, 1.54) is 96.3 Å². The summed E-state index contributed by atoms with van der Waals surface area (Å²) in [4.78, 5) is 14.0. The summed E-state index contributed by atoms with van der Waals surface area (Å²) < 4.78 is 5.72. The SMILES string of the molecule is CCCCCCCCCCCCCCCCCCOCCCNC(=O)CN(C)c1ccccc1. The van der Waals surface area contributed by atoms with E-state index in [9.17, 15) is 4.79 Å². The molecule has 0 aliphatic rings. The summed E-state index contributed by atoms with van der Waals surface area (Å²) in [5.74, 6) is 0.0594. The first-order valence-corrected chi connectivity index (χ1v) is 14.3. The third-order valence-electron chi connectivity index (χ3n) is 6.51. The predicted octanol–water partition coefficient (Wildman–Crippen LogP) is 7.91. The number of para-hydroxylation sites is 1. The highest BCUT2D eigenvalue weighted by molar-refractivity contribution is 5.81.